The van der Waals surface area contributed by atoms with E-state index < -0.39 is 18.1 Å². The van der Waals surface area contributed by atoms with Crippen LogP contribution in [0.2, 0.25) is 0 Å². The molecular weight excluding hydrogens is 550 g/mol. The third kappa shape index (κ3) is 4.57. The third-order valence-corrected chi connectivity index (χ3v) is 7.75. The molecule has 0 heterocycles. The van der Waals surface area contributed by atoms with Gasteiger partial charge in [-0.2, -0.15) is 0 Å². The topological polar surface area (TPSA) is 66.8 Å². The summed E-state index contributed by atoms with van der Waals surface area (Å²) in [5.74, 6) is -1.22. The van der Waals surface area contributed by atoms with E-state index in [1.165, 1.54) is 4.90 Å². The average Bonchev–Trinajstić information content (AvgIpc) is 3.11. The number of amides is 1. The Labute approximate surface area is 209 Å². The molecule has 3 aromatic rings. The van der Waals surface area contributed by atoms with Crippen molar-refractivity contribution < 1.29 is 19.4 Å². The summed E-state index contributed by atoms with van der Waals surface area (Å²) in [7, 11) is 0. The molecule has 0 aromatic heterocycles. The summed E-state index contributed by atoms with van der Waals surface area (Å²) in [5.41, 5.74) is 4.97. The maximum Gasteiger partial charge on any atom is 0.411 e. The molecule has 5 nitrogen and oxygen atoms in total. The van der Waals surface area contributed by atoms with Crippen molar-refractivity contribution >= 4 is 43.9 Å². The van der Waals surface area contributed by atoms with E-state index in [1.54, 1.807) is 32.0 Å². The van der Waals surface area contributed by atoms with Crippen LogP contribution in [0.25, 0.3) is 11.1 Å². The summed E-state index contributed by atoms with van der Waals surface area (Å²) >= 11 is 6.82. The minimum atomic E-state index is -1.18. The maximum atomic E-state index is 13.3. The number of benzene rings is 3. The zero-order valence-electron chi connectivity index (χ0n) is 18.2. The number of rotatable bonds is 6. The molecule has 0 saturated carbocycles. The number of carboxylic acid groups (broad SMARTS) is 1. The fourth-order valence-corrected chi connectivity index (χ4v) is 5.03. The first kappa shape index (κ1) is 23.5. The summed E-state index contributed by atoms with van der Waals surface area (Å²) in [5, 5.41) is 10.0. The van der Waals surface area contributed by atoms with Crippen molar-refractivity contribution in [3.05, 3.63) is 92.4 Å². The van der Waals surface area contributed by atoms with Crippen molar-refractivity contribution in [1.29, 1.82) is 0 Å². The number of fused-ring (bicyclic) bond motifs is 3. The highest BCUT2D eigenvalue weighted by Crippen LogP contribution is 2.44. The molecule has 1 amide bonds. The molecule has 0 spiro atoms. The van der Waals surface area contributed by atoms with Crippen molar-refractivity contribution in [2.75, 3.05) is 6.61 Å². The number of hydrogen-bond acceptors (Lipinski definition) is 3. The van der Waals surface area contributed by atoms with Crippen LogP contribution < -0.4 is 0 Å². The van der Waals surface area contributed by atoms with Crippen molar-refractivity contribution in [2.45, 2.75) is 31.8 Å². The predicted octanol–water partition coefficient (Wildman–Crippen LogP) is 7.00. The molecule has 0 fully saturated rings. The molecular formula is C26H23Br2NO4. The SMILES string of the molecule is CC(C)N(C(=O)OCC1c2ccccc2-c2ccccc21)C(C(=O)O)c1ccc(Br)c(Br)c1. The molecule has 1 aliphatic carbocycles. The highest BCUT2D eigenvalue weighted by Gasteiger charge is 2.36. The first-order valence-electron chi connectivity index (χ1n) is 10.6. The van der Waals surface area contributed by atoms with Crippen LogP contribution >= 0.6 is 31.9 Å². The van der Waals surface area contributed by atoms with Gasteiger partial charge >= 0.3 is 12.1 Å². The lowest BCUT2D eigenvalue weighted by atomic mass is 9.98. The van der Waals surface area contributed by atoms with E-state index in [-0.39, 0.29) is 18.6 Å². The lowest BCUT2D eigenvalue weighted by molar-refractivity contribution is -0.143. The van der Waals surface area contributed by atoms with Crippen molar-refractivity contribution in [3.8, 4) is 11.1 Å². The number of carbonyl (C=O) groups excluding carboxylic acids is 1. The molecule has 0 aliphatic heterocycles. The summed E-state index contributed by atoms with van der Waals surface area (Å²) in [6.45, 7) is 3.70. The molecule has 0 radical (unpaired) electrons. The summed E-state index contributed by atoms with van der Waals surface area (Å²) in [4.78, 5) is 26.8. The lowest BCUT2D eigenvalue weighted by Gasteiger charge is -2.32. The molecule has 0 saturated heterocycles. The van der Waals surface area contributed by atoms with Crippen molar-refractivity contribution in [3.63, 3.8) is 0 Å². The molecule has 0 bridgehead atoms. The van der Waals surface area contributed by atoms with Gasteiger partial charge in [0.25, 0.3) is 0 Å². The van der Waals surface area contributed by atoms with Gasteiger partial charge in [-0.15, -0.1) is 0 Å². The van der Waals surface area contributed by atoms with Crippen LogP contribution in [0.4, 0.5) is 4.79 Å². The van der Waals surface area contributed by atoms with Crippen LogP contribution in [0.5, 0.6) is 0 Å². The van der Waals surface area contributed by atoms with Crippen molar-refractivity contribution in [2.24, 2.45) is 0 Å². The van der Waals surface area contributed by atoms with Crippen LogP contribution in [-0.2, 0) is 9.53 Å². The second-order valence-corrected chi connectivity index (χ2v) is 9.93. The van der Waals surface area contributed by atoms with Gasteiger partial charge in [0, 0.05) is 20.9 Å². The highest BCUT2D eigenvalue weighted by atomic mass is 79.9. The lowest BCUT2D eigenvalue weighted by Crippen LogP contribution is -2.44. The van der Waals surface area contributed by atoms with E-state index in [0.717, 1.165) is 26.7 Å². The number of carbonyl (C=O) groups is 2. The van der Waals surface area contributed by atoms with Crippen LogP contribution in [0.3, 0.4) is 0 Å². The molecule has 1 aliphatic rings. The molecule has 170 valence electrons. The van der Waals surface area contributed by atoms with Gasteiger partial charge in [0.15, 0.2) is 6.04 Å². The summed E-state index contributed by atoms with van der Waals surface area (Å²) in [6, 6.07) is 19.8. The first-order chi connectivity index (χ1) is 15.8. The highest BCUT2D eigenvalue weighted by molar-refractivity contribution is 9.13. The van der Waals surface area contributed by atoms with Crippen molar-refractivity contribution in [1.82, 2.24) is 4.90 Å². The van der Waals surface area contributed by atoms with Gasteiger partial charge in [0.1, 0.15) is 6.61 Å². The summed E-state index contributed by atoms with van der Waals surface area (Å²) < 4.78 is 7.28. The minimum Gasteiger partial charge on any atom is -0.479 e. The van der Waals surface area contributed by atoms with E-state index in [4.69, 9.17) is 4.74 Å². The molecule has 33 heavy (non-hydrogen) atoms. The van der Waals surface area contributed by atoms with Crippen LogP contribution in [0.15, 0.2) is 75.7 Å². The monoisotopic (exact) mass is 571 g/mol. The van der Waals surface area contributed by atoms with Gasteiger partial charge < -0.3 is 9.84 Å². The molecule has 7 heteroatoms. The van der Waals surface area contributed by atoms with E-state index in [2.05, 4.69) is 44.0 Å². The van der Waals surface area contributed by atoms with E-state index >= 15 is 0 Å². The fraction of sp³-hybridized carbons (Fsp3) is 0.231. The molecule has 1 N–H and O–H groups in total. The Morgan fingerprint density at radius 1 is 0.939 bits per heavy atom. The molecule has 3 aromatic carbocycles. The molecule has 1 atom stereocenters. The first-order valence-corrected chi connectivity index (χ1v) is 12.2. The number of nitrogens with zero attached hydrogens (tertiary/aromatic N) is 1. The minimum absolute atomic E-state index is 0.0968. The zero-order chi connectivity index (χ0) is 23.7. The number of hydrogen-bond donors (Lipinski definition) is 1. The van der Waals surface area contributed by atoms with E-state index in [9.17, 15) is 14.7 Å². The second-order valence-electron chi connectivity index (χ2n) is 8.22. The van der Waals surface area contributed by atoms with Gasteiger partial charge in [-0.05, 0) is 85.7 Å². The largest absolute Gasteiger partial charge is 0.479 e. The zero-order valence-corrected chi connectivity index (χ0v) is 21.3. The second kappa shape index (κ2) is 9.69. The van der Waals surface area contributed by atoms with Gasteiger partial charge in [0.05, 0.1) is 0 Å². The predicted molar refractivity (Wildman–Crippen MR) is 134 cm³/mol. The normalized spacial score (nSPS) is 13.4. The third-order valence-electron chi connectivity index (χ3n) is 5.87. The fourth-order valence-electron chi connectivity index (χ4n) is 4.39. The van der Waals surface area contributed by atoms with E-state index in [0.29, 0.717) is 10.0 Å². The Morgan fingerprint density at radius 3 is 2.03 bits per heavy atom. The van der Waals surface area contributed by atoms with Gasteiger partial charge in [-0.25, -0.2) is 9.59 Å². The van der Waals surface area contributed by atoms with Gasteiger partial charge in [0.2, 0.25) is 0 Å². The quantitative estimate of drug-likeness (QED) is 0.345. The van der Waals surface area contributed by atoms with Gasteiger partial charge in [-0.1, -0.05) is 54.6 Å². The maximum absolute atomic E-state index is 13.3. The smallest absolute Gasteiger partial charge is 0.411 e. The Bertz CT molecular complexity index is 1160. The number of aliphatic carboxylic acids is 1. The van der Waals surface area contributed by atoms with Crippen LogP contribution in [-0.4, -0.2) is 34.7 Å². The molecule has 4 rings (SSSR count). The Kier molecular flexibility index (Phi) is 6.91. The van der Waals surface area contributed by atoms with Gasteiger partial charge in [-0.3, -0.25) is 4.90 Å². The number of ether oxygens (including phenoxy) is 1. The standard InChI is InChI=1S/C26H23Br2NO4/c1-15(2)29(24(25(30)31)16-11-12-22(27)23(28)13-16)26(32)33-14-21-19-9-5-3-7-17(19)18-8-4-6-10-20(18)21/h3-13,15,21,24H,14H2,1-2H3,(H,30,31). The number of carboxylic acids is 1. The Hall–Kier alpha value is -2.64. The van der Waals surface area contributed by atoms with Crippen LogP contribution in [0.1, 0.15) is 42.5 Å². The average molecular weight is 573 g/mol. The number of halogens is 2. The molecule has 1 unspecified atom stereocenters. The van der Waals surface area contributed by atoms with E-state index in [1.807, 2.05) is 36.4 Å². The summed E-state index contributed by atoms with van der Waals surface area (Å²) in [6.07, 6.45) is -0.654. The Balaban J connectivity index is 1.60. The Morgan fingerprint density at radius 2 is 1.52 bits per heavy atom. The van der Waals surface area contributed by atoms with Crippen LogP contribution in [0, 0.1) is 0 Å².